The molecular formula is C23H26N6O3. The Hall–Kier alpha value is -3.64. The lowest BCUT2D eigenvalue weighted by molar-refractivity contribution is -0.118. The summed E-state index contributed by atoms with van der Waals surface area (Å²) in [6.45, 7) is 7.74. The zero-order chi connectivity index (χ0) is 22.5. The number of amides is 1. The predicted molar refractivity (Wildman–Crippen MR) is 120 cm³/mol. The average molecular weight is 435 g/mol. The molecule has 9 heteroatoms. The fourth-order valence-electron chi connectivity index (χ4n) is 3.71. The Kier molecular flexibility index (Phi) is 6.52. The van der Waals surface area contributed by atoms with Crippen LogP contribution in [0.5, 0.6) is 5.75 Å². The van der Waals surface area contributed by atoms with Crippen LogP contribution in [-0.4, -0.2) is 71.4 Å². The van der Waals surface area contributed by atoms with E-state index >= 15 is 0 Å². The van der Waals surface area contributed by atoms with Crippen LogP contribution in [0.15, 0.2) is 36.8 Å². The van der Waals surface area contributed by atoms with Crippen molar-refractivity contribution in [1.29, 1.82) is 5.26 Å². The van der Waals surface area contributed by atoms with Gasteiger partial charge < -0.3 is 19.3 Å². The monoisotopic (exact) mass is 434 g/mol. The molecule has 1 amide bonds. The van der Waals surface area contributed by atoms with E-state index in [4.69, 9.17) is 9.47 Å². The molecule has 166 valence electrons. The van der Waals surface area contributed by atoms with Gasteiger partial charge in [-0.1, -0.05) is 0 Å². The lowest BCUT2D eigenvalue weighted by atomic mass is 10.1. The van der Waals surface area contributed by atoms with Crippen LogP contribution in [0.2, 0.25) is 0 Å². The Balaban J connectivity index is 1.60. The minimum absolute atomic E-state index is 0.145. The van der Waals surface area contributed by atoms with Gasteiger partial charge in [-0.3, -0.25) is 4.79 Å². The van der Waals surface area contributed by atoms with Crippen molar-refractivity contribution in [3.63, 3.8) is 0 Å². The van der Waals surface area contributed by atoms with Crippen LogP contribution >= 0.6 is 0 Å². The molecule has 1 aliphatic heterocycles. The van der Waals surface area contributed by atoms with E-state index in [9.17, 15) is 10.1 Å². The molecule has 3 aromatic heterocycles. The van der Waals surface area contributed by atoms with Crippen LogP contribution in [0.3, 0.4) is 0 Å². The molecular weight excluding hydrogens is 408 g/mol. The Labute approximate surface area is 186 Å². The molecule has 3 aromatic rings. The summed E-state index contributed by atoms with van der Waals surface area (Å²) in [5.74, 6) is 1.50. The Morgan fingerprint density at radius 2 is 2.00 bits per heavy atom. The van der Waals surface area contributed by atoms with Crippen LogP contribution < -0.4 is 9.64 Å². The summed E-state index contributed by atoms with van der Waals surface area (Å²) in [5.41, 5.74) is 2.90. The molecule has 0 aliphatic carbocycles. The van der Waals surface area contributed by atoms with Crippen LogP contribution in [0.1, 0.15) is 19.4 Å². The van der Waals surface area contributed by atoms with Crippen molar-refractivity contribution in [2.24, 2.45) is 0 Å². The second kappa shape index (κ2) is 9.66. The predicted octanol–water partition coefficient (Wildman–Crippen LogP) is 2.35. The lowest BCUT2D eigenvalue weighted by Crippen LogP contribution is -2.45. The van der Waals surface area contributed by atoms with Gasteiger partial charge in [0, 0.05) is 43.5 Å². The number of piperazine rings is 1. The number of fused-ring (bicyclic) bond motifs is 1. The third-order valence-corrected chi connectivity index (χ3v) is 5.36. The number of hydrogen-bond acceptors (Lipinski definition) is 7. The van der Waals surface area contributed by atoms with Crippen LogP contribution in [0.4, 0.5) is 5.82 Å². The molecule has 0 atom stereocenters. The first-order chi connectivity index (χ1) is 15.6. The van der Waals surface area contributed by atoms with Crippen molar-refractivity contribution in [1.82, 2.24) is 19.5 Å². The van der Waals surface area contributed by atoms with Crippen molar-refractivity contribution in [2.45, 2.75) is 20.0 Å². The Morgan fingerprint density at radius 1 is 1.19 bits per heavy atom. The maximum absolute atomic E-state index is 10.9. The minimum atomic E-state index is 0.145. The number of carbonyl (C=O) groups excluding carboxylic acids is 1. The third kappa shape index (κ3) is 4.65. The molecule has 9 nitrogen and oxygen atoms in total. The normalized spacial score (nSPS) is 14.1. The summed E-state index contributed by atoms with van der Waals surface area (Å²) in [7, 11) is 0. The number of aromatic nitrogens is 3. The number of rotatable bonds is 8. The van der Waals surface area contributed by atoms with Crippen LogP contribution in [0, 0.1) is 11.3 Å². The topological polar surface area (TPSA) is 96.0 Å². The first kappa shape index (κ1) is 21.6. The van der Waals surface area contributed by atoms with E-state index in [-0.39, 0.29) is 6.10 Å². The summed E-state index contributed by atoms with van der Waals surface area (Å²) in [6, 6.07) is 8.08. The van der Waals surface area contributed by atoms with Gasteiger partial charge in [0.25, 0.3) is 0 Å². The minimum Gasteiger partial charge on any atom is -0.490 e. The van der Waals surface area contributed by atoms with Gasteiger partial charge in [-0.15, -0.1) is 0 Å². The van der Waals surface area contributed by atoms with E-state index in [0.29, 0.717) is 43.1 Å². The highest BCUT2D eigenvalue weighted by Crippen LogP contribution is 2.31. The standard InChI is InChI=1S/C23H26N6O3/c1-17(2)31-9-10-32-20-11-21(23-19(12-24)14-26-29(23)15-20)18-3-4-22(25-13-18)28-7-5-27(16-30)6-8-28/h3-4,11,13-17H,5-10H2,1-2H3. The van der Waals surface area contributed by atoms with Crippen molar-refractivity contribution in [3.8, 4) is 22.9 Å². The highest BCUT2D eigenvalue weighted by atomic mass is 16.5. The smallest absolute Gasteiger partial charge is 0.209 e. The fourth-order valence-corrected chi connectivity index (χ4v) is 3.71. The lowest BCUT2D eigenvalue weighted by Gasteiger charge is -2.33. The third-order valence-electron chi connectivity index (χ3n) is 5.36. The molecule has 0 saturated carbocycles. The molecule has 0 bridgehead atoms. The van der Waals surface area contributed by atoms with E-state index in [2.05, 4.69) is 21.1 Å². The summed E-state index contributed by atoms with van der Waals surface area (Å²) < 4.78 is 13.1. The number of pyridine rings is 2. The van der Waals surface area contributed by atoms with Gasteiger partial charge in [-0.05, 0) is 32.0 Å². The van der Waals surface area contributed by atoms with E-state index in [1.165, 1.54) is 0 Å². The van der Waals surface area contributed by atoms with Crippen LogP contribution in [0.25, 0.3) is 16.6 Å². The molecule has 1 saturated heterocycles. The van der Waals surface area contributed by atoms with Crippen molar-refractivity contribution >= 4 is 17.7 Å². The van der Waals surface area contributed by atoms with Crippen LogP contribution in [-0.2, 0) is 9.53 Å². The number of hydrogen-bond donors (Lipinski definition) is 0. The van der Waals surface area contributed by atoms with Gasteiger partial charge in [0.1, 0.15) is 24.2 Å². The largest absolute Gasteiger partial charge is 0.490 e. The van der Waals surface area contributed by atoms with Gasteiger partial charge >= 0.3 is 0 Å². The van der Waals surface area contributed by atoms with E-state index in [1.807, 2.05) is 32.0 Å². The number of anilines is 1. The number of carbonyl (C=O) groups is 1. The molecule has 1 fully saturated rings. The molecule has 0 N–H and O–H groups in total. The van der Waals surface area contributed by atoms with Gasteiger partial charge in [-0.25, -0.2) is 9.50 Å². The second-order valence-electron chi connectivity index (χ2n) is 7.85. The molecule has 0 radical (unpaired) electrons. The SMILES string of the molecule is CC(C)OCCOc1cc(-c2ccc(N3CCN(C=O)CC3)nc2)c2c(C#N)cnn2c1. The van der Waals surface area contributed by atoms with Gasteiger partial charge in [0.05, 0.1) is 36.2 Å². The summed E-state index contributed by atoms with van der Waals surface area (Å²) in [6.07, 6.45) is 6.16. The summed E-state index contributed by atoms with van der Waals surface area (Å²) in [5, 5.41) is 13.9. The van der Waals surface area contributed by atoms with Gasteiger partial charge in [-0.2, -0.15) is 10.4 Å². The maximum atomic E-state index is 10.9. The zero-order valence-electron chi connectivity index (χ0n) is 18.3. The molecule has 4 rings (SSSR count). The number of ether oxygens (including phenoxy) is 2. The van der Waals surface area contributed by atoms with E-state index < -0.39 is 0 Å². The Bertz CT molecular complexity index is 1110. The van der Waals surface area contributed by atoms with Gasteiger partial charge in [0.15, 0.2) is 0 Å². The molecule has 1 aliphatic rings. The fraction of sp³-hybridized carbons (Fsp3) is 0.391. The summed E-state index contributed by atoms with van der Waals surface area (Å²) >= 11 is 0. The number of nitrogens with zero attached hydrogens (tertiary/aromatic N) is 6. The Morgan fingerprint density at radius 3 is 2.66 bits per heavy atom. The molecule has 0 spiro atoms. The van der Waals surface area contributed by atoms with Crippen molar-refractivity contribution in [3.05, 3.63) is 42.4 Å². The van der Waals surface area contributed by atoms with Crippen molar-refractivity contribution in [2.75, 3.05) is 44.3 Å². The van der Waals surface area contributed by atoms with E-state index in [1.54, 1.807) is 28.0 Å². The van der Waals surface area contributed by atoms with Crippen molar-refractivity contribution < 1.29 is 14.3 Å². The molecule has 0 aromatic carbocycles. The average Bonchev–Trinajstić information content (AvgIpc) is 3.24. The zero-order valence-corrected chi connectivity index (χ0v) is 18.3. The highest BCUT2D eigenvalue weighted by Gasteiger charge is 2.18. The first-order valence-electron chi connectivity index (χ1n) is 10.7. The first-order valence-corrected chi connectivity index (χ1v) is 10.7. The van der Waals surface area contributed by atoms with E-state index in [0.717, 1.165) is 36.4 Å². The maximum Gasteiger partial charge on any atom is 0.209 e. The summed E-state index contributed by atoms with van der Waals surface area (Å²) in [4.78, 5) is 19.5. The molecule has 32 heavy (non-hydrogen) atoms. The van der Waals surface area contributed by atoms with Gasteiger partial charge in [0.2, 0.25) is 6.41 Å². The molecule has 0 unspecified atom stereocenters. The molecule has 4 heterocycles. The quantitative estimate of drug-likeness (QED) is 0.397. The number of nitriles is 1. The second-order valence-corrected chi connectivity index (χ2v) is 7.85. The highest BCUT2D eigenvalue weighted by molar-refractivity contribution is 5.85.